The first-order chi connectivity index (χ1) is 14.2. The second-order valence-corrected chi connectivity index (χ2v) is 8.41. The molecular formula is C25H29FN2O. The van der Waals surface area contributed by atoms with Gasteiger partial charge in [-0.1, -0.05) is 36.4 Å². The fourth-order valence-electron chi connectivity index (χ4n) is 4.44. The molecular weight excluding hydrogens is 363 g/mol. The van der Waals surface area contributed by atoms with Crippen LogP contribution in [0.15, 0.2) is 60.7 Å². The summed E-state index contributed by atoms with van der Waals surface area (Å²) < 4.78 is 13.3. The predicted octanol–water partition coefficient (Wildman–Crippen LogP) is 4.97. The monoisotopic (exact) mass is 392 g/mol. The lowest BCUT2D eigenvalue weighted by molar-refractivity contribution is 0.0326. The lowest BCUT2D eigenvalue weighted by Crippen LogP contribution is -2.41. The second-order valence-electron chi connectivity index (χ2n) is 8.41. The van der Waals surface area contributed by atoms with Crippen LogP contribution in [0.2, 0.25) is 0 Å². The highest BCUT2D eigenvalue weighted by Crippen LogP contribution is 2.36. The number of benzene rings is 2. The number of nitrogens with zero attached hydrogens (tertiary/aromatic N) is 2. The minimum Gasteiger partial charge on any atom is -0.396 e. The molecule has 1 aromatic heterocycles. The number of hydrogen-bond acceptors (Lipinski definition) is 3. The second kappa shape index (κ2) is 9.02. The molecule has 1 aliphatic rings. The summed E-state index contributed by atoms with van der Waals surface area (Å²) in [6.07, 6.45) is 5.32. The van der Waals surface area contributed by atoms with Crippen molar-refractivity contribution in [3.05, 3.63) is 77.7 Å². The third-order valence-corrected chi connectivity index (χ3v) is 6.36. The number of aliphatic hydroxyl groups is 1. The lowest BCUT2D eigenvalue weighted by atomic mass is 9.75. The Balaban J connectivity index is 1.31. The SMILES string of the molecule is OCC1(CCCc2ccccc2)CCN(Cc2ccc3cc(F)ccc3n2)CC1. The first-order valence-electron chi connectivity index (χ1n) is 10.6. The Morgan fingerprint density at radius 2 is 1.79 bits per heavy atom. The van der Waals surface area contributed by atoms with Crippen molar-refractivity contribution in [1.29, 1.82) is 0 Å². The summed E-state index contributed by atoms with van der Waals surface area (Å²) in [6, 6.07) is 19.3. The quantitative estimate of drug-likeness (QED) is 0.617. The molecule has 152 valence electrons. The van der Waals surface area contributed by atoms with E-state index in [0.29, 0.717) is 0 Å². The molecule has 0 unspecified atom stereocenters. The van der Waals surface area contributed by atoms with Gasteiger partial charge in [0.15, 0.2) is 0 Å². The van der Waals surface area contributed by atoms with Gasteiger partial charge in [0, 0.05) is 18.5 Å². The average Bonchev–Trinajstić information content (AvgIpc) is 2.76. The van der Waals surface area contributed by atoms with Crippen LogP contribution in [0.1, 0.15) is 36.9 Å². The number of piperidine rings is 1. The highest BCUT2D eigenvalue weighted by Gasteiger charge is 2.33. The number of rotatable bonds is 7. The van der Waals surface area contributed by atoms with Crippen molar-refractivity contribution in [2.24, 2.45) is 5.41 Å². The van der Waals surface area contributed by atoms with Crippen LogP contribution in [0.5, 0.6) is 0 Å². The van der Waals surface area contributed by atoms with E-state index in [2.05, 4.69) is 35.2 Å². The van der Waals surface area contributed by atoms with Gasteiger partial charge in [-0.15, -0.1) is 0 Å². The van der Waals surface area contributed by atoms with Crippen LogP contribution in [0.4, 0.5) is 4.39 Å². The minimum atomic E-state index is -0.226. The smallest absolute Gasteiger partial charge is 0.123 e. The Morgan fingerprint density at radius 1 is 1.00 bits per heavy atom. The molecule has 3 nitrogen and oxygen atoms in total. The van der Waals surface area contributed by atoms with E-state index in [4.69, 9.17) is 4.98 Å². The van der Waals surface area contributed by atoms with Gasteiger partial charge in [0.05, 0.1) is 11.2 Å². The molecule has 2 heterocycles. The molecule has 1 saturated heterocycles. The number of fused-ring (bicyclic) bond motifs is 1. The maximum Gasteiger partial charge on any atom is 0.123 e. The van der Waals surface area contributed by atoms with Gasteiger partial charge < -0.3 is 5.11 Å². The zero-order valence-electron chi connectivity index (χ0n) is 16.9. The molecule has 0 aliphatic carbocycles. The highest BCUT2D eigenvalue weighted by molar-refractivity contribution is 5.78. The van der Waals surface area contributed by atoms with E-state index in [-0.39, 0.29) is 17.8 Å². The Kier molecular flexibility index (Phi) is 6.22. The topological polar surface area (TPSA) is 36.4 Å². The minimum absolute atomic E-state index is 0.0552. The Bertz CT molecular complexity index is 936. The summed E-state index contributed by atoms with van der Waals surface area (Å²) in [5.41, 5.74) is 3.29. The number of aliphatic hydroxyl groups excluding tert-OH is 1. The average molecular weight is 393 g/mol. The fraction of sp³-hybridized carbons (Fsp3) is 0.400. The molecule has 0 radical (unpaired) electrons. The molecule has 1 fully saturated rings. The third-order valence-electron chi connectivity index (χ3n) is 6.36. The van der Waals surface area contributed by atoms with Crippen molar-refractivity contribution in [3.63, 3.8) is 0 Å². The van der Waals surface area contributed by atoms with Crippen LogP contribution < -0.4 is 0 Å². The van der Waals surface area contributed by atoms with Crippen molar-refractivity contribution in [2.75, 3.05) is 19.7 Å². The van der Waals surface area contributed by atoms with Gasteiger partial charge in [0.1, 0.15) is 5.82 Å². The first-order valence-corrected chi connectivity index (χ1v) is 10.6. The van der Waals surface area contributed by atoms with Gasteiger partial charge in [-0.25, -0.2) is 4.39 Å². The molecule has 0 spiro atoms. The standard InChI is InChI=1S/C25H29FN2O/c26-22-9-11-24-21(17-22)8-10-23(27-24)18-28-15-13-25(19-29,14-16-28)12-4-7-20-5-2-1-3-6-20/h1-3,5-6,8-11,17,29H,4,7,12-16,18-19H2. The number of aryl methyl sites for hydroxylation is 1. The van der Waals surface area contributed by atoms with E-state index in [1.165, 1.54) is 17.7 Å². The van der Waals surface area contributed by atoms with Crippen LogP contribution in [0.25, 0.3) is 10.9 Å². The zero-order valence-corrected chi connectivity index (χ0v) is 16.9. The van der Waals surface area contributed by atoms with E-state index in [9.17, 15) is 9.50 Å². The van der Waals surface area contributed by atoms with Crippen LogP contribution in [-0.2, 0) is 13.0 Å². The fourth-order valence-corrected chi connectivity index (χ4v) is 4.44. The van der Waals surface area contributed by atoms with Gasteiger partial charge in [-0.3, -0.25) is 9.88 Å². The van der Waals surface area contributed by atoms with E-state index in [0.717, 1.165) is 68.3 Å². The summed E-state index contributed by atoms with van der Waals surface area (Å²) in [5, 5.41) is 10.9. The summed E-state index contributed by atoms with van der Waals surface area (Å²) in [6.45, 7) is 3.04. The van der Waals surface area contributed by atoms with Crippen LogP contribution >= 0.6 is 0 Å². The lowest BCUT2D eigenvalue weighted by Gasteiger charge is -2.41. The van der Waals surface area contributed by atoms with Crippen LogP contribution in [-0.4, -0.2) is 34.7 Å². The largest absolute Gasteiger partial charge is 0.396 e. The molecule has 1 aliphatic heterocycles. The maximum atomic E-state index is 13.3. The first kappa shape index (κ1) is 20.0. The van der Waals surface area contributed by atoms with Gasteiger partial charge in [0.2, 0.25) is 0 Å². The highest BCUT2D eigenvalue weighted by atomic mass is 19.1. The van der Waals surface area contributed by atoms with Crippen molar-refractivity contribution in [1.82, 2.24) is 9.88 Å². The number of aromatic nitrogens is 1. The molecule has 29 heavy (non-hydrogen) atoms. The third kappa shape index (κ3) is 5.01. The van der Waals surface area contributed by atoms with Gasteiger partial charge >= 0.3 is 0 Å². The molecule has 0 amide bonds. The van der Waals surface area contributed by atoms with Crippen molar-refractivity contribution < 1.29 is 9.50 Å². The number of halogens is 1. The summed E-state index contributed by atoms with van der Waals surface area (Å²) in [7, 11) is 0. The van der Waals surface area contributed by atoms with Gasteiger partial charge in [-0.2, -0.15) is 0 Å². The van der Waals surface area contributed by atoms with Gasteiger partial charge in [-0.05, 0) is 80.4 Å². The Hall–Kier alpha value is -2.30. The molecule has 4 heteroatoms. The zero-order chi connectivity index (χ0) is 20.1. The Labute approximate surface area is 172 Å². The molecule has 0 saturated carbocycles. The molecule has 1 N–H and O–H groups in total. The van der Waals surface area contributed by atoms with E-state index in [1.807, 2.05) is 12.1 Å². The van der Waals surface area contributed by atoms with Crippen LogP contribution in [0, 0.1) is 11.2 Å². The Morgan fingerprint density at radius 3 is 2.55 bits per heavy atom. The van der Waals surface area contributed by atoms with E-state index >= 15 is 0 Å². The molecule has 0 bridgehead atoms. The van der Waals surface area contributed by atoms with Crippen molar-refractivity contribution in [2.45, 2.75) is 38.6 Å². The number of likely N-dealkylation sites (tertiary alicyclic amines) is 1. The normalized spacial score (nSPS) is 16.9. The number of pyridine rings is 1. The van der Waals surface area contributed by atoms with Gasteiger partial charge in [0.25, 0.3) is 0 Å². The van der Waals surface area contributed by atoms with Crippen molar-refractivity contribution >= 4 is 10.9 Å². The van der Waals surface area contributed by atoms with Crippen molar-refractivity contribution in [3.8, 4) is 0 Å². The summed E-state index contributed by atoms with van der Waals surface area (Å²) in [4.78, 5) is 7.11. The van der Waals surface area contributed by atoms with Crippen LogP contribution in [0.3, 0.4) is 0 Å². The summed E-state index contributed by atoms with van der Waals surface area (Å²) in [5.74, 6) is -0.226. The summed E-state index contributed by atoms with van der Waals surface area (Å²) >= 11 is 0. The molecule has 4 rings (SSSR count). The predicted molar refractivity (Wildman–Crippen MR) is 115 cm³/mol. The molecule has 2 aromatic carbocycles. The maximum absolute atomic E-state index is 13.3. The molecule has 0 atom stereocenters. The molecule has 3 aromatic rings. The van der Waals surface area contributed by atoms with E-state index in [1.54, 1.807) is 6.07 Å². The number of hydrogen-bond donors (Lipinski definition) is 1. The van der Waals surface area contributed by atoms with E-state index < -0.39 is 0 Å².